The van der Waals surface area contributed by atoms with E-state index in [4.69, 9.17) is 4.52 Å². The first kappa shape index (κ1) is 20.2. The molecular formula is C20H20FN5O3S. The van der Waals surface area contributed by atoms with E-state index in [0.29, 0.717) is 53.2 Å². The van der Waals surface area contributed by atoms with Crippen LogP contribution in [0.3, 0.4) is 0 Å². The smallest absolute Gasteiger partial charge is 0.265 e. The summed E-state index contributed by atoms with van der Waals surface area (Å²) >= 11 is 1.18. The summed E-state index contributed by atoms with van der Waals surface area (Å²) in [6.45, 7) is 4.13. The second kappa shape index (κ2) is 8.72. The number of amides is 2. The van der Waals surface area contributed by atoms with Crippen molar-refractivity contribution in [2.45, 2.75) is 6.92 Å². The number of hydrogen-bond acceptors (Lipinski definition) is 7. The van der Waals surface area contributed by atoms with E-state index >= 15 is 0 Å². The molecule has 1 aliphatic rings. The number of hydrogen-bond donors (Lipinski definition) is 1. The van der Waals surface area contributed by atoms with E-state index in [1.807, 2.05) is 4.90 Å². The summed E-state index contributed by atoms with van der Waals surface area (Å²) in [4.78, 5) is 33.3. The summed E-state index contributed by atoms with van der Waals surface area (Å²) < 4.78 is 18.9. The van der Waals surface area contributed by atoms with Gasteiger partial charge in [-0.2, -0.15) is 0 Å². The predicted octanol–water partition coefficient (Wildman–Crippen LogP) is 2.64. The minimum absolute atomic E-state index is 0.128. The lowest BCUT2D eigenvalue weighted by Crippen LogP contribution is -2.50. The van der Waals surface area contributed by atoms with Crippen LogP contribution in [-0.4, -0.2) is 64.5 Å². The average Bonchev–Trinajstić information content (AvgIpc) is 3.37. The fourth-order valence-corrected chi connectivity index (χ4v) is 4.12. The molecule has 0 unspecified atom stereocenters. The number of rotatable bonds is 5. The lowest BCUT2D eigenvalue weighted by Gasteiger charge is -2.33. The molecule has 8 nitrogen and oxygen atoms in total. The first-order chi connectivity index (χ1) is 14.5. The van der Waals surface area contributed by atoms with Crippen LogP contribution in [0.1, 0.15) is 15.4 Å². The van der Waals surface area contributed by atoms with Gasteiger partial charge in [-0.05, 0) is 19.1 Å². The van der Waals surface area contributed by atoms with Crippen molar-refractivity contribution in [3.63, 3.8) is 0 Å². The van der Waals surface area contributed by atoms with Crippen molar-refractivity contribution >= 4 is 29.0 Å². The molecule has 1 N–H and O–H groups in total. The molecule has 1 aliphatic heterocycles. The topological polar surface area (TPSA) is 91.6 Å². The molecule has 0 radical (unpaired) electrons. The number of aromatic nitrogens is 2. The summed E-state index contributed by atoms with van der Waals surface area (Å²) in [5.41, 5.74) is 0.389. The number of anilines is 1. The molecule has 0 saturated carbocycles. The number of thiazole rings is 1. The van der Waals surface area contributed by atoms with Crippen molar-refractivity contribution in [3.05, 3.63) is 53.0 Å². The van der Waals surface area contributed by atoms with Crippen molar-refractivity contribution in [2.24, 2.45) is 0 Å². The Kier molecular flexibility index (Phi) is 5.86. The van der Waals surface area contributed by atoms with Gasteiger partial charge in [-0.3, -0.25) is 14.5 Å². The molecule has 0 aliphatic carbocycles. The lowest BCUT2D eigenvalue weighted by atomic mass is 10.2. The summed E-state index contributed by atoms with van der Waals surface area (Å²) in [6.07, 6.45) is 1.49. The molecular weight excluding hydrogens is 409 g/mol. The zero-order chi connectivity index (χ0) is 21.1. The van der Waals surface area contributed by atoms with Crippen molar-refractivity contribution in [1.82, 2.24) is 19.9 Å². The van der Waals surface area contributed by atoms with Gasteiger partial charge < -0.3 is 14.7 Å². The Balaban J connectivity index is 1.30. The molecule has 1 saturated heterocycles. The van der Waals surface area contributed by atoms with E-state index in [2.05, 4.69) is 15.5 Å². The molecule has 0 bridgehead atoms. The highest BCUT2D eigenvalue weighted by Crippen LogP contribution is 2.28. The molecule has 3 heterocycles. The summed E-state index contributed by atoms with van der Waals surface area (Å²) in [7, 11) is 0. The third-order valence-corrected chi connectivity index (χ3v) is 5.76. The Morgan fingerprint density at radius 2 is 2.00 bits per heavy atom. The lowest BCUT2D eigenvalue weighted by molar-refractivity contribution is -0.117. The van der Waals surface area contributed by atoms with Crippen LogP contribution < -0.4 is 5.32 Å². The highest BCUT2D eigenvalue weighted by Gasteiger charge is 2.25. The minimum atomic E-state index is -0.362. The van der Waals surface area contributed by atoms with Crippen LogP contribution in [0.15, 0.2) is 41.1 Å². The van der Waals surface area contributed by atoms with Crippen molar-refractivity contribution in [3.8, 4) is 10.6 Å². The minimum Gasteiger partial charge on any atom is -0.360 e. The Hall–Kier alpha value is -3.11. The van der Waals surface area contributed by atoms with Gasteiger partial charge in [0.25, 0.3) is 5.91 Å². The summed E-state index contributed by atoms with van der Waals surface area (Å²) in [5.74, 6) is 0.344. The van der Waals surface area contributed by atoms with Crippen LogP contribution in [0.4, 0.5) is 10.2 Å². The van der Waals surface area contributed by atoms with Crippen LogP contribution in [-0.2, 0) is 4.79 Å². The number of aryl methyl sites for hydroxylation is 1. The molecule has 156 valence electrons. The van der Waals surface area contributed by atoms with Gasteiger partial charge in [-0.15, -0.1) is 11.3 Å². The van der Waals surface area contributed by atoms with E-state index in [0.717, 1.165) is 0 Å². The third kappa shape index (κ3) is 4.55. The van der Waals surface area contributed by atoms with Crippen LogP contribution in [0.5, 0.6) is 0 Å². The van der Waals surface area contributed by atoms with E-state index in [1.54, 1.807) is 36.1 Å². The summed E-state index contributed by atoms with van der Waals surface area (Å²) in [5, 5.41) is 6.91. The zero-order valence-corrected chi connectivity index (χ0v) is 17.1. The SMILES string of the molecule is Cc1cc(NC(=O)CN2CCN(C(=O)c3cnc(-c4ccccc4F)s3)CC2)no1. The second-order valence-electron chi connectivity index (χ2n) is 6.95. The van der Waals surface area contributed by atoms with Crippen molar-refractivity contribution in [1.29, 1.82) is 0 Å². The first-order valence-corrected chi connectivity index (χ1v) is 10.3. The quantitative estimate of drug-likeness (QED) is 0.671. The Labute approximate surface area is 176 Å². The third-order valence-electron chi connectivity index (χ3n) is 4.74. The maximum Gasteiger partial charge on any atom is 0.265 e. The molecule has 4 rings (SSSR count). The van der Waals surface area contributed by atoms with E-state index in [9.17, 15) is 14.0 Å². The number of nitrogens with one attached hydrogen (secondary N) is 1. The predicted molar refractivity (Wildman–Crippen MR) is 110 cm³/mol. The first-order valence-electron chi connectivity index (χ1n) is 9.45. The van der Waals surface area contributed by atoms with Gasteiger partial charge in [0.05, 0.1) is 12.7 Å². The molecule has 3 aromatic rings. The molecule has 1 aromatic carbocycles. The van der Waals surface area contributed by atoms with Crippen molar-refractivity contribution < 1.29 is 18.5 Å². The standard InChI is InChI=1S/C20H20FN5O3S/c1-13-10-17(24-29-13)23-18(27)12-25-6-8-26(9-7-25)20(28)16-11-22-19(30-16)14-4-2-3-5-15(14)21/h2-5,10-11H,6-9,12H2,1H3,(H,23,24,27). The largest absolute Gasteiger partial charge is 0.360 e. The number of halogens is 1. The van der Waals surface area contributed by atoms with Crippen LogP contribution in [0.2, 0.25) is 0 Å². The highest BCUT2D eigenvalue weighted by atomic mass is 32.1. The van der Waals surface area contributed by atoms with Crippen LogP contribution >= 0.6 is 11.3 Å². The van der Waals surface area contributed by atoms with Gasteiger partial charge in [0.1, 0.15) is 21.5 Å². The number of carbonyl (C=O) groups excluding carboxylic acids is 2. The fourth-order valence-electron chi connectivity index (χ4n) is 3.21. The number of piperazine rings is 1. The number of carbonyl (C=O) groups is 2. The highest BCUT2D eigenvalue weighted by molar-refractivity contribution is 7.16. The number of benzene rings is 1. The fraction of sp³-hybridized carbons (Fsp3) is 0.300. The summed E-state index contributed by atoms with van der Waals surface area (Å²) in [6, 6.07) is 8.02. The maximum absolute atomic E-state index is 14.0. The van der Waals surface area contributed by atoms with Gasteiger partial charge in [0, 0.05) is 37.8 Å². The zero-order valence-electron chi connectivity index (χ0n) is 16.3. The van der Waals surface area contributed by atoms with Crippen LogP contribution in [0, 0.1) is 12.7 Å². The maximum atomic E-state index is 14.0. The molecule has 30 heavy (non-hydrogen) atoms. The number of nitrogens with zero attached hydrogens (tertiary/aromatic N) is 4. The molecule has 2 aromatic heterocycles. The average molecular weight is 429 g/mol. The van der Waals surface area contributed by atoms with Crippen molar-refractivity contribution in [2.75, 3.05) is 38.0 Å². The Bertz CT molecular complexity index is 1060. The molecule has 2 amide bonds. The van der Waals surface area contributed by atoms with E-state index < -0.39 is 0 Å². The van der Waals surface area contributed by atoms with E-state index in [-0.39, 0.29) is 24.2 Å². The van der Waals surface area contributed by atoms with Gasteiger partial charge in [-0.25, -0.2) is 9.37 Å². The molecule has 1 fully saturated rings. The van der Waals surface area contributed by atoms with Gasteiger partial charge in [0.2, 0.25) is 5.91 Å². The van der Waals surface area contributed by atoms with Gasteiger partial charge in [-0.1, -0.05) is 17.3 Å². The van der Waals surface area contributed by atoms with Gasteiger partial charge in [0.15, 0.2) is 5.82 Å². The monoisotopic (exact) mass is 429 g/mol. The normalized spacial score (nSPS) is 14.7. The van der Waals surface area contributed by atoms with E-state index in [1.165, 1.54) is 23.6 Å². The Morgan fingerprint density at radius 3 is 2.70 bits per heavy atom. The molecule has 0 spiro atoms. The molecule has 0 atom stereocenters. The Morgan fingerprint density at radius 1 is 1.23 bits per heavy atom. The van der Waals surface area contributed by atoms with Gasteiger partial charge >= 0.3 is 0 Å². The van der Waals surface area contributed by atoms with Crippen LogP contribution in [0.25, 0.3) is 10.6 Å². The molecule has 10 heteroatoms. The second-order valence-corrected chi connectivity index (χ2v) is 7.98.